The summed E-state index contributed by atoms with van der Waals surface area (Å²) in [5.74, 6) is 1.76. The first-order chi connectivity index (χ1) is 6.84. The molecule has 0 bridgehead atoms. The Kier molecular flexibility index (Phi) is 2.78. The molecule has 0 amide bonds. The molecular formula is C9H14N4O. The molecule has 76 valence electrons. The molecule has 0 radical (unpaired) electrons. The number of aromatic nitrogens is 2. The van der Waals surface area contributed by atoms with Gasteiger partial charge in [0.25, 0.3) is 0 Å². The second-order valence-corrected chi connectivity index (χ2v) is 3.44. The van der Waals surface area contributed by atoms with Crippen molar-refractivity contribution in [2.45, 2.75) is 6.42 Å². The number of ether oxygens (including phenoxy) is 1. The van der Waals surface area contributed by atoms with E-state index in [4.69, 9.17) is 10.5 Å². The highest BCUT2D eigenvalue weighted by atomic mass is 16.5. The van der Waals surface area contributed by atoms with Crippen LogP contribution in [0.15, 0.2) is 12.4 Å². The minimum atomic E-state index is 0.442. The quantitative estimate of drug-likeness (QED) is 0.733. The van der Waals surface area contributed by atoms with Crippen molar-refractivity contribution < 1.29 is 4.74 Å². The van der Waals surface area contributed by atoms with Crippen LogP contribution in [0.1, 0.15) is 6.42 Å². The summed E-state index contributed by atoms with van der Waals surface area (Å²) in [6.07, 6.45) is 4.32. The lowest BCUT2D eigenvalue weighted by Crippen LogP contribution is -2.15. The van der Waals surface area contributed by atoms with Crippen LogP contribution in [0.4, 0.5) is 11.6 Å². The first-order valence-electron chi connectivity index (χ1n) is 4.74. The fourth-order valence-electron chi connectivity index (χ4n) is 1.46. The van der Waals surface area contributed by atoms with Crippen molar-refractivity contribution in [3.05, 3.63) is 12.4 Å². The maximum Gasteiger partial charge on any atom is 0.146 e. The van der Waals surface area contributed by atoms with Gasteiger partial charge in [-0.2, -0.15) is 0 Å². The zero-order valence-corrected chi connectivity index (χ0v) is 7.94. The number of hydrogen-bond acceptors (Lipinski definition) is 5. The van der Waals surface area contributed by atoms with Crippen molar-refractivity contribution in [1.29, 1.82) is 0 Å². The molecule has 5 heteroatoms. The maximum absolute atomic E-state index is 5.50. The molecule has 1 fully saturated rings. The van der Waals surface area contributed by atoms with Crippen LogP contribution in [-0.2, 0) is 4.74 Å². The van der Waals surface area contributed by atoms with E-state index in [0.717, 1.165) is 32.0 Å². The lowest BCUT2D eigenvalue weighted by molar-refractivity contribution is 0.187. The van der Waals surface area contributed by atoms with E-state index >= 15 is 0 Å². The first kappa shape index (κ1) is 9.21. The van der Waals surface area contributed by atoms with Crippen molar-refractivity contribution in [3.63, 3.8) is 0 Å². The van der Waals surface area contributed by atoms with Gasteiger partial charge in [0.15, 0.2) is 0 Å². The van der Waals surface area contributed by atoms with Crippen LogP contribution >= 0.6 is 0 Å². The average molecular weight is 194 g/mol. The standard InChI is InChI=1S/C9H14N4O/c10-8-4-11-5-9(13-8)12-3-7-1-2-14-6-7/h4-5,7H,1-3,6H2,(H3,10,12,13). The van der Waals surface area contributed by atoms with Crippen LogP contribution in [0.25, 0.3) is 0 Å². The average Bonchev–Trinajstić information content (AvgIpc) is 2.67. The number of rotatable bonds is 3. The monoisotopic (exact) mass is 194 g/mol. The van der Waals surface area contributed by atoms with Gasteiger partial charge in [0.05, 0.1) is 19.0 Å². The minimum absolute atomic E-state index is 0.442. The first-order valence-corrected chi connectivity index (χ1v) is 4.74. The lowest BCUT2D eigenvalue weighted by atomic mass is 10.1. The molecule has 1 aliphatic rings. The van der Waals surface area contributed by atoms with E-state index in [1.807, 2.05) is 0 Å². The number of nitrogens with two attached hydrogens (primary N) is 1. The fourth-order valence-corrected chi connectivity index (χ4v) is 1.46. The zero-order chi connectivity index (χ0) is 9.80. The van der Waals surface area contributed by atoms with E-state index in [0.29, 0.717) is 11.7 Å². The normalized spacial score (nSPS) is 21.0. The summed E-state index contributed by atoms with van der Waals surface area (Å²) in [5, 5.41) is 3.19. The molecule has 1 saturated heterocycles. The summed E-state index contributed by atoms with van der Waals surface area (Å²) in [4.78, 5) is 8.05. The van der Waals surface area contributed by atoms with Gasteiger partial charge in [0.2, 0.25) is 0 Å². The minimum Gasteiger partial charge on any atom is -0.382 e. The Bertz CT molecular complexity index is 299. The van der Waals surface area contributed by atoms with E-state index in [1.165, 1.54) is 6.20 Å². The molecular weight excluding hydrogens is 180 g/mol. The number of anilines is 2. The summed E-state index contributed by atoms with van der Waals surface area (Å²) in [7, 11) is 0. The molecule has 1 aromatic heterocycles. The van der Waals surface area contributed by atoms with Gasteiger partial charge in [-0.15, -0.1) is 0 Å². The summed E-state index contributed by atoms with van der Waals surface area (Å²) in [6, 6.07) is 0. The Labute approximate surface area is 82.7 Å². The molecule has 1 aromatic rings. The summed E-state index contributed by atoms with van der Waals surface area (Å²) in [5.41, 5.74) is 5.50. The van der Waals surface area contributed by atoms with Crippen LogP contribution in [-0.4, -0.2) is 29.7 Å². The molecule has 1 unspecified atom stereocenters. The van der Waals surface area contributed by atoms with Gasteiger partial charge in [-0.05, 0) is 6.42 Å². The molecule has 0 saturated carbocycles. The predicted octanol–water partition coefficient (Wildman–Crippen LogP) is 0.507. The topological polar surface area (TPSA) is 73.1 Å². The smallest absolute Gasteiger partial charge is 0.146 e. The fraction of sp³-hybridized carbons (Fsp3) is 0.556. The van der Waals surface area contributed by atoms with Crippen LogP contribution in [0.2, 0.25) is 0 Å². The molecule has 14 heavy (non-hydrogen) atoms. The van der Waals surface area contributed by atoms with Gasteiger partial charge in [0, 0.05) is 19.1 Å². The maximum atomic E-state index is 5.50. The lowest BCUT2D eigenvalue weighted by Gasteiger charge is -2.09. The Hall–Kier alpha value is -1.36. The van der Waals surface area contributed by atoms with Gasteiger partial charge in [-0.3, -0.25) is 4.98 Å². The van der Waals surface area contributed by atoms with Crippen molar-refractivity contribution in [2.75, 3.05) is 30.8 Å². The Balaban J connectivity index is 1.85. The third-order valence-electron chi connectivity index (χ3n) is 2.25. The van der Waals surface area contributed by atoms with E-state index in [2.05, 4.69) is 15.3 Å². The summed E-state index contributed by atoms with van der Waals surface area (Å²) in [6.45, 7) is 2.58. The van der Waals surface area contributed by atoms with Gasteiger partial charge in [-0.1, -0.05) is 0 Å². The number of nitrogens with one attached hydrogen (secondary N) is 1. The number of nitrogen functional groups attached to an aromatic ring is 1. The van der Waals surface area contributed by atoms with Crippen LogP contribution in [0.5, 0.6) is 0 Å². The molecule has 0 aromatic carbocycles. The molecule has 0 aliphatic carbocycles. The van der Waals surface area contributed by atoms with Gasteiger partial charge < -0.3 is 15.8 Å². The molecule has 1 aliphatic heterocycles. The Morgan fingerprint density at radius 1 is 1.57 bits per heavy atom. The zero-order valence-electron chi connectivity index (χ0n) is 7.94. The molecule has 1 atom stereocenters. The summed E-state index contributed by atoms with van der Waals surface area (Å²) < 4.78 is 5.27. The van der Waals surface area contributed by atoms with Crippen molar-refractivity contribution in [3.8, 4) is 0 Å². The predicted molar refractivity (Wildman–Crippen MR) is 53.9 cm³/mol. The SMILES string of the molecule is Nc1cncc(NCC2CCOC2)n1. The third-order valence-corrected chi connectivity index (χ3v) is 2.25. The highest BCUT2D eigenvalue weighted by Gasteiger charge is 2.15. The Morgan fingerprint density at radius 3 is 3.21 bits per heavy atom. The molecule has 3 N–H and O–H groups in total. The van der Waals surface area contributed by atoms with Crippen molar-refractivity contribution >= 4 is 11.6 Å². The highest BCUT2D eigenvalue weighted by molar-refractivity contribution is 5.38. The molecule has 2 heterocycles. The largest absolute Gasteiger partial charge is 0.382 e. The van der Waals surface area contributed by atoms with Crippen molar-refractivity contribution in [1.82, 2.24) is 9.97 Å². The van der Waals surface area contributed by atoms with Gasteiger partial charge in [-0.25, -0.2) is 4.98 Å². The van der Waals surface area contributed by atoms with Crippen LogP contribution in [0, 0.1) is 5.92 Å². The van der Waals surface area contributed by atoms with E-state index < -0.39 is 0 Å². The van der Waals surface area contributed by atoms with E-state index in [9.17, 15) is 0 Å². The van der Waals surface area contributed by atoms with Gasteiger partial charge in [0.1, 0.15) is 11.6 Å². The van der Waals surface area contributed by atoms with Gasteiger partial charge >= 0.3 is 0 Å². The second-order valence-electron chi connectivity index (χ2n) is 3.44. The number of nitrogens with zero attached hydrogens (tertiary/aromatic N) is 2. The van der Waals surface area contributed by atoms with E-state index in [-0.39, 0.29) is 0 Å². The Morgan fingerprint density at radius 2 is 2.50 bits per heavy atom. The molecule has 2 rings (SSSR count). The summed E-state index contributed by atoms with van der Waals surface area (Å²) >= 11 is 0. The molecule has 0 spiro atoms. The van der Waals surface area contributed by atoms with Crippen molar-refractivity contribution in [2.24, 2.45) is 5.92 Å². The van der Waals surface area contributed by atoms with Crippen LogP contribution in [0.3, 0.4) is 0 Å². The number of hydrogen-bond donors (Lipinski definition) is 2. The molecule has 5 nitrogen and oxygen atoms in total. The highest BCUT2D eigenvalue weighted by Crippen LogP contribution is 2.13. The third kappa shape index (κ3) is 2.32. The van der Waals surface area contributed by atoms with E-state index in [1.54, 1.807) is 6.20 Å². The van der Waals surface area contributed by atoms with Crippen LogP contribution < -0.4 is 11.1 Å². The second kappa shape index (κ2) is 4.23.